The second-order valence-electron chi connectivity index (χ2n) is 4.26. The van der Waals surface area contributed by atoms with Crippen LogP contribution in [0.3, 0.4) is 0 Å². The monoisotopic (exact) mass is 274 g/mol. The first-order chi connectivity index (χ1) is 9.25. The Hall–Kier alpha value is -2.07. The van der Waals surface area contributed by atoms with Gasteiger partial charge in [-0.05, 0) is 36.4 Å². The van der Waals surface area contributed by atoms with E-state index in [4.69, 9.17) is 16.0 Å². The van der Waals surface area contributed by atoms with E-state index in [1.807, 2.05) is 6.07 Å². The van der Waals surface area contributed by atoms with Crippen molar-refractivity contribution in [3.05, 3.63) is 59.0 Å². The summed E-state index contributed by atoms with van der Waals surface area (Å²) in [5.74, 6) is 0.493. The molecule has 19 heavy (non-hydrogen) atoms. The van der Waals surface area contributed by atoms with Crippen molar-refractivity contribution in [3.63, 3.8) is 0 Å². The number of Topliss-reactive ketones (excluding diaryl/α,β-unsaturated/α-hetero) is 1. The van der Waals surface area contributed by atoms with Crippen LogP contribution in [0.15, 0.2) is 52.2 Å². The number of carbonyl (C=O) groups is 1. The van der Waals surface area contributed by atoms with E-state index in [1.165, 1.54) is 0 Å². The van der Waals surface area contributed by atoms with Crippen LogP contribution in [0, 0.1) is 0 Å². The molecule has 0 saturated heterocycles. The standard InChI is InChI=1S/C14H11ClN2O2/c15-10-5-3-9(4-6-10)14(18)13-11(8-16-17-13)12-2-1-7-19-12/h1-7,11,16H,8H2/t11-/m0/s1. The maximum absolute atomic E-state index is 12.4. The number of carbonyl (C=O) groups excluding carboxylic acids is 1. The van der Waals surface area contributed by atoms with Crippen LogP contribution in [-0.4, -0.2) is 18.0 Å². The van der Waals surface area contributed by atoms with Crippen molar-refractivity contribution < 1.29 is 9.21 Å². The lowest BCUT2D eigenvalue weighted by Crippen LogP contribution is -2.21. The Morgan fingerprint density at radius 3 is 2.79 bits per heavy atom. The second-order valence-corrected chi connectivity index (χ2v) is 4.70. The third-order valence-electron chi connectivity index (χ3n) is 3.05. The summed E-state index contributed by atoms with van der Waals surface area (Å²) in [5, 5.41) is 4.70. The summed E-state index contributed by atoms with van der Waals surface area (Å²) >= 11 is 5.82. The van der Waals surface area contributed by atoms with Crippen molar-refractivity contribution in [1.29, 1.82) is 0 Å². The molecule has 2 heterocycles. The normalized spacial score (nSPS) is 17.9. The van der Waals surface area contributed by atoms with E-state index in [2.05, 4.69) is 10.5 Å². The largest absolute Gasteiger partial charge is 0.469 e. The van der Waals surface area contributed by atoms with Gasteiger partial charge in [0.1, 0.15) is 11.5 Å². The van der Waals surface area contributed by atoms with E-state index >= 15 is 0 Å². The quantitative estimate of drug-likeness (QED) is 0.876. The van der Waals surface area contributed by atoms with E-state index in [0.717, 1.165) is 5.76 Å². The number of halogens is 1. The zero-order chi connectivity index (χ0) is 13.2. The van der Waals surface area contributed by atoms with Crippen LogP contribution in [-0.2, 0) is 0 Å². The highest BCUT2D eigenvalue weighted by Crippen LogP contribution is 2.23. The number of nitrogens with one attached hydrogen (secondary N) is 1. The summed E-state index contributed by atoms with van der Waals surface area (Å²) in [6, 6.07) is 10.4. The Morgan fingerprint density at radius 2 is 2.11 bits per heavy atom. The molecule has 1 aliphatic heterocycles. The van der Waals surface area contributed by atoms with Gasteiger partial charge in [-0.15, -0.1) is 0 Å². The zero-order valence-electron chi connectivity index (χ0n) is 9.97. The summed E-state index contributed by atoms with van der Waals surface area (Å²) < 4.78 is 5.36. The number of rotatable bonds is 3. The molecular formula is C14H11ClN2O2. The molecule has 0 amide bonds. The highest BCUT2D eigenvalue weighted by atomic mass is 35.5. The SMILES string of the molecule is O=C(C1=NNC[C@H]1c1ccco1)c1ccc(Cl)cc1. The molecule has 1 aromatic carbocycles. The van der Waals surface area contributed by atoms with Crippen molar-refractivity contribution in [3.8, 4) is 0 Å². The van der Waals surface area contributed by atoms with Gasteiger partial charge < -0.3 is 9.84 Å². The van der Waals surface area contributed by atoms with Gasteiger partial charge in [0.2, 0.25) is 5.78 Å². The predicted molar refractivity (Wildman–Crippen MR) is 72.7 cm³/mol. The molecule has 0 radical (unpaired) electrons. The Balaban J connectivity index is 1.89. The van der Waals surface area contributed by atoms with Crippen LogP contribution < -0.4 is 5.43 Å². The first kappa shape index (κ1) is 12.0. The van der Waals surface area contributed by atoms with E-state index < -0.39 is 0 Å². The van der Waals surface area contributed by atoms with E-state index in [-0.39, 0.29) is 11.7 Å². The van der Waals surface area contributed by atoms with Gasteiger partial charge in [0, 0.05) is 17.1 Å². The molecule has 2 aromatic rings. The number of furan rings is 1. The molecule has 4 nitrogen and oxygen atoms in total. The van der Waals surface area contributed by atoms with Crippen molar-refractivity contribution in [2.45, 2.75) is 5.92 Å². The zero-order valence-corrected chi connectivity index (χ0v) is 10.7. The van der Waals surface area contributed by atoms with Gasteiger partial charge in [-0.1, -0.05) is 11.6 Å². The van der Waals surface area contributed by atoms with E-state index in [0.29, 0.717) is 22.8 Å². The molecule has 1 atom stereocenters. The Morgan fingerprint density at radius 1 is 1.32 bits per heavy atom. The summed E-state index contributed by atoms with van der Waals surface area (Å²) in [7, 11) is 0. The fraction of sp³-hybridized carbons (Fsp3) is 0.143. The van der Waals surface area contributed by atoms with Crippen LogP contribution in [0.25, 0.3) is 0 Å². The first-order valence-electron chi connectivity index (χ1n) is 5.90. The lowest BCUT2D eigenvalue weighted by Gasteiger charge is -2.08. The summed E-state index contributed by atoms with van der Waals surface area (Å²) in [5.41, 5.74) is 3.90. The van der Waals surface area contributed by atoms with Crippen LogP contribution in [0.4, 0.5) is 0 Å². The van der Waals surface area contributed by atoms with E-state index in [1.54, 1.807) is 36.6 Å². The van der Waals surface area contributed by atoms with Gasteiger partial charge >= 0.3 is 0 Å². The number of benzene rings is 1. The number of hydrogen-bond donors (Lipinski definition) is 1. The molecule has 0 unspecified atom stereocenters. The minimum Gasteiger partial charge on any atom is -0.469 e. The summed E-state index contributed by atoms with van der Waals surface area (Å²) in [6.07, 6.45) is 1.60. The molecular weight excluding hydrogens is 264 g/mol. The van der Waals surface area contributed by atoms with Gasteiger partial charge in [-0.3, -0.25) is 4.79 Å². The highest BCUT2D eigenvalue weighted by Gasteiger charge is 2.31. The molecule has 1 N–H and O–H groups in total. The maximum Gasteiger partial charge on any atom is 0.209 e. The highest BCUT2D eigenvalue weighted by molar-refractivity contribution is 6.48. The molecule has 3 rings (SSSR count). The Labute approximate surface area is 115 Å². The molecule has 1 aliphatic rings. The second kappa shape index (κ2) is 4.90. The fourth-order valence-corrected chi connectivity index (χ4v) is 2.21. The van der Waals surface area contributed by atoms with Crippen molar-refractivity contribution in [1.82, 2.24) is 5.43 Å². The molecule has 1 aromatic heterocycles. The average molecular weight is 275 g/mol. The topological polar surface area (TPSA) is 54.6 Å². The maximum atomic E-state index is 12.4. The molecule has 5 heteroatoms. The third-order valence-corrected chi connectivity index (χ3v) is 3.30. The smallest absolute Gasteiger partial charge is 0.209 e. The summed E-state index contributed by atoms with van der Waals surface area (Å²) in [4.78, 5) is 12.4. The van der Waals surface area contributed by atoms with Gasteiger partial charge in [-0.2, -0.15) is 5.10 Å². The van der Waals surface area contributed by atoms with Crippen molar-refractivity contribution in [2.24, 2.45) is 5.10 Å². The number of nitrogens with zero attached hydrogens (tertiary/aromatic N) is 1. The van der Waals surface area contributed by atoms with Gasteiger partial charge in [0.25, 0.3) is 0 Å². The number of hydrogen-bond acceptors (Lipinski definition) is 4. The molecule has 0 fully saturated rings. The lowest BCUT2D eigenvalue weighted by atomic mass is 9.94. The van der Waals surface area contributed by atoms with Crippen LogP contribution >= 0.6 is 11.6 Å². The van der Waals surface area contributed by atoms with Gasteiger partial charge in [-0.25, -0.2) is 0 Å². The van der Waals surface area contributed by atoms with Crippen molar-refractivity contribution in [2.75, 3.05) is 6.54 Å². The first-order valence-corrected chi connectivity index (χ1v) is 6.27. The predicted octanol–water partition coefficient (Wildman–Crippen LogP) is 2.86. The summed E-state index contributed by atoms with van der Waals surface area (Å²) in [6.45, 7) is 0.572. The minimum absolute atomic E-state index is 0.108. The molecule has 0 saturated carbocycles. The molecule has 96 valence electrons. The van der Waals surface area contributed by atoms with Crippen molar-refractivity contribution >= 4 is 23.1 Å². The fourth-order valence-electron chi connectivity index (χ4n) is 2.08. The van der Waals surface area contributed by atoms with Crippen LogP contribution in [0.2, 0.25) is 5.02 Å². The van der Waals surface area contributed by atoms with Crippen LogP contribution in [0.5, 0.6) is 0 Å². The number of ketones is 1. The third kappa shape index (κ3) is 2.27. The van der Waals surface area contributed by atoms with Gasteiger partial charge in [0.15, 0.2) is 0 Å². The minimum atomic E-state index is -0.141. The van der Waals surface area contributed by atoms with E-state index in [9.17, 15) is 4.79 Å². The lowest BCUT2D eigenvalue weighted by molar-refractivity contribution is 0.106. The van der Waals surface area contributed by atoms with Crippen LogP contribution in [0.1, 0.15) is 22.0 Å². The average Bonchev–Trinajstić information content (AvgIpc) is 3.09. The molecule has 0 aliphatic carbocycles. The van der Waals surface area contributed by atoms with Gasteiger partial charge in [0.05, 0.1) is 12.2 Å². The number of hydrazone groups is 1. The molecule has 0 bridgehead atoms. The molecule has 0 spiro atoms. The Bertz CT molecular complexity index is 617. The Kier molecular flexibility index (Phi) is 3.09.